The molecule has 0 radical (unpaired) electrons. The van der Waals surface area contributed by atoms with Gasteiger partial charge in [0.2, 0.25) is 10.0 Å². The Labute approximate surface area is 115 Å². The van der Waals surface area contributed by atoms with Crippen LogP contribution in [0.15, 0.2) is 24.3 Å². The maximum atomic E-state index is 11.8. The number of nitrogens with one attached hydrogen (secondary N) is 2. The second-order valence-electron chi connectivity index (χ2n) is 4.49. The van der Waals surface area contributed by atoms with Gasteiger partial charge in [-0.2, -0.15) is 0 Å². The molecule has 0 atom stereocenters. The number of rotatable bonds is 8. The van der Waals surface area contributed by atoms with Crippen molar-refractivity contribution in [3.05, 3.63) is 24.3 Å². The van der Waals surface area contributed by atoms with Crippen molar-refractivity contribution in [3.8, 4) is 5.75 Å². The molecule has 0 heterocycles. The molecule has 2 N–H and O–H groups in total. The first kappa shape index (κ1) is 15.8. The summed E-state index contributed by atoms with van der Waals surface area (Å²) in [5.74, 6) is 0.783. The van der Waals surface area contributed by atoms with Crippen LogP contribution in [0.3, 0.4) is 0 Å². The Morgan fingerprint density at radius 2 is 1.84 bits per heavy atom. The topological polar surface area (TPSA) is 67.4 Å². The zero-order valence-electron chi connectivity index (χ0n) is 11.6. The second kappa shape index (κ2) is 7.35. The molecular weight excluding hydrogens is 264 g/mol. The summed E-state index contributed by atoms with van der Waals surface area (Å²) in [6.07, 6.45) is 0. The minimum atomic E-state index is -3.31. The molecule has 0 spiro atoms. The van der Waals surface area contributed by atoms with E-state index in [1.807, 2.05) is 20.8 Å². The van der Waals surface area contributed by atoms with Gasteiger partial charge in [0, 0.05) is 18.3 Å². The minimum Gasteiger partial charge on any atom is -0.494 e. The van der Waals surface area contributed by atoms with Crippen molar-refractivity contribution in [3.63, 3.8) is 0 Å². The highest BCUT2D eigenvalue weighted by Gasteiger charge is 2.10. The molecule has 0 saturated heterocycles. The smallest absolute Gasteiger partial charge is 0.233 e. The fourth-order valence-electron chi connectivity index (χ4n) is 1.50. The molecule has 0 fully saturated rings. The van der Waals surface area contributed by atoms with Gasteiger partial charge in [0.1, 0.15) is 5.75 Å². The third-order valence-corrected chi connectivity index (χ3v) is 3.65. The molecule has 1 aromatic carbocycles. The quantitative estimate of drug-likeness (QED) is 0.765. The number of anilines is 1. The van der Waals surface area contributed by atoms with Crippen LogP contribution in [0.1, 0.15) is 20.8 Å². The van der Waals surface area contributed by atoms with E-state index in [2.05, 4.69) is 10.0 Å². The Morgan fingerprint density at radius 3 is 2.37 bits per heavy atom. The summed E-state index contributed by atoms with van der Waals surface area (Å²) in [6, 6.07) is 7.15. The fourth-order valence-corrected chi connectivity index (χ4v) is 2.48. The molecule has 0 amide bonds. The van der Waals surface area contributed by atoms with E-state index in [1.165, 1.54) is 0 Å². The Hall–Kier alpha value is -1.27. The summed E-state index contributed by atoms with van der Waals surface area (Å²) < 4.78 is 31.5. The summed E-state index contributed by atoms with van der Waals surface area (Å²) in [4.78, 5) is 0. The first-order chi connectivity index (χ1) is 8.93. The van der Waals surface area contributed by atoms with E-state index < -0.39 is 10.0 Å². The third-order valence-electron chi connectivity index (χ3n) is 2.36. The van der Waals surface area contributed by atoms with Gasteiger partial charge >= 0.3 is 0 Å². The third kappa shape index (κ3) is 6.45. The van der Waals surface area contributed by atoms with Crippen molar-refractivity contribution < 1.29 is 13.2 Å². The standard InChI is InChI=1S/C13H22N2O3S/c1-4-18-13-7-5-12(6-8-13)15-19(16,17)10-9-14-11(2)3/h5-8,11,14-15H,4,9-10H2,1-3H3. The van der Waals surface area contributed by atoms with Crippen molar-refractivity contribution in [2.75, 3.05) is 23.6 Å². The second-order valence-corrected chi connectivity index (χ2v) is 6.33. The van der Waals surface area contributed by atoms with E-state index in [1.54, 1.807) is 24.3 Å². The summed E-state index contributed by atoms with van der Waals surface area (Å²) in [5.41, 5.74) is 0.549. The Bertz CT molecular complexity index is 469. The van der Waals surface area contributed by atoms with Crippen LogP contribution in [0.25, 0.3) is 0 Å². The van der Waals surface area contributed by atoms with Crippen LogP contribution in [0, 0.1) is 0 Å². The van der Waals surface area contributed by atoms with Gasteiger partial charge < -0.3 is 10.1 Å². The molecule has 0 aliphatic rings. The highest BCUT2D eigenvalue weighted by atomic mass is 32.2. The number of sulfonamides is 1. The minimum absolute atomic E-state index is 0.0540. The predicted octanol–water partition coefficient (Wildman–Crippen LogP) is 1.82. The molecule has 0 aliphatic heterocycles. The molecule has 1 aromatic rings. The van der Waals surface area contributed by atoms with Gasteiger partial charge in [0.15, 0.2) is 0 Å². The van der Waals surface area contributed by atoms with Gasteiger partial charge in [-0.05, 0) is 31.2 Å². The van der Waals surface area contributed by atoms with E-state index >= 15 is 0 Å². The SMILES string of the molecule is CCOc1ccc(NS(=O)(=O)CCNC(C)C)cc1. The average molecular weight is 286 g/mol. The van der Waals surface area contributed by atoms with Crippen molar-refractivity contribution in [1.29, 1.82) is 0 Å². The lowest BCUT2D eigenvalue weighted by atomic mass is 10.3. The highest BCUT2D eigenvalue weighted by molar-refractivity contribution is 7.92. The molecule has 6 heteroatoms. The normalized spacial score (nSPS) is 11.6. The van der Waals surface area contributed by atoms with Crippen molar-refractivity contribution in [1.82, 2.24) is 5.32 Å². The van der Waals surface area contributed by atoms with Gasteiger partial charge in [-0.3, -0.25) is 4.72 Å². The summed E-state index contributed by atoms with van der Waals surface area (Å²) >= 11 is 0. The zero-order chi connectivity index (χ0) is 14.3. The fraction of sp³-hybridized carbons (Fsp3) is 0.538. The van der Waals surface area contributed by atoms with Crippen molar-refractivity contribution >= 4 is 15.7 Å². The number of hydrogen-bond donors (Lipinski definition) is 2. The first-order valence-corrected chi connectivity index (χ1v) is 8.05. The summed E-state index contributed by atoms with van der Waals surface area (Å²) in [6.45, 7) is 6.88. The average Bonchev–Trinajstić information content (AvgIpc) is 2.31. The first-order valence-electron chi connectivity index (χ1n) is 6.39. The van der Waals surface area contributed by atoms with Crippen LogP contribution in [0.4, 0.5) is 5.69 Å². The summed E-state index contributed by atoms with van der Waals surface area (Å²) in [5, 5.41) is 3.07. The van der Waals surface area contributed by atoms with E-state index in [-0.39, 0.29) is 11.8 Å². The van der Waals surface area contributed by atoms with E-state index in [4.69, 9.17) is 4.74 Å². The molecule has 0 saturated carbocycles. The van der Waals surface area contributed by atoms with E-state index in [9.17, 15) is 8.42 Å². The molecule has 0 unspecified atom stereocenters. The predicted molar refractivity (Wildman–Crippen MR) is 78.2 cm³/mol. The lowest BCUT2D eigenvalue weighted by molar-refractivity contribution is 0.340. The number of hydrogen-bond acceptors (Lipinski definition) is 4. The maximum Gasteiger partial charge on any atom is 0.233 e. The Morgan fingerprint density at radius 1 is 1.21 bits per heavy atom. The van der Waals surface area contributed by atoms with Crippen LogP contribution in [0.5, 0.6) is 5.75 Å². The lowest BCUT2D eigenvalue weighted by Crippen LogP contribution is -2.30. The van der Waals surface area contributed by atoms with E-state index in [0.717, 1.165) is 5.75 Å². The molecule has 0 aliphatic carbocycles. The summed E-state index contributed by atoms with van der Waals surface area (Å²) in [7, 11) is -3.31. The molecule has 1 rings (SSSR count). The van der Waals surface area contributed by atoms with Crippen LogP contribution < -0.4 is 14.8 Å². The maximum absolute atomic E-state index is 11.8. The molecule has 19 heavy (non-hydrogen) atoms. The molecule has 5 nitrogen and oxygen atoms in total. The van der Waals surface area contributed by atoms with Crippen LogP contribution in [-0.2, 0) is 10.0 Å². The van der Waals surface area contributed by atoms with Crippen molar-refractivity contribution in [2.24, 2.45) is 0 Å². The van der Waals surface area contributed by atoms with Crippen LogP contribution in [0.2, 0.25) is 0 Å². The Kier molecular flexibility index (Phi) is 6.11. The van der Waals surface area contributed by atoms with Gasteiger partial charge in [0.05, 0.1) is 12.4 Å². The van der Waals surface area contributed by atoms with Crippen LogP contribution in [-0.4, -0.2) is 33.4 Å². The molecule has 108 valence electrons. The molecular formula is C13H22N2O3S. The largest absolute Gasteiger partial charge is 0.494 e. The van der Waals surface area contributed by atoms with Gasteiger partial charge in [-0.25, -0.2) is 8.42 Å². The zero-order valence-corrected chi connectivity index (χ0v) is 12.5. The number of ether oxygens (including phenoxy) is 1. The van der Waals surface area contributed by atoms with Gasteiger partial charge in [-0.1, -0.05) is 13.8 Å². The highest BCUT2D eigenvalue weighted by Crippen LogP contribution is 2.16. The lowest BCUT2D eigenvalue weighted by Gasteiger charge is -2.11. The molecule has 0 aromatic heterocycles. The van der Waals surface area contributed by atoms with Crippen molar-refractivity contribution in [2.45, 2.75) is 26.8 Å². The van der Waals surface area contributed by atoms with Crippen LogP contribution >= 0.6 is 0 Å². The van der Waals surface area contributed by atoms with E-state index in [0.29, 0.717) is 18.8 Å². The van der Waals surface area contributed by atoms with Gasteiger partial charge in [-0.15, -0.1) is 0 Å². The van der Waals surface area contributed by atoms with Gasteiger partial charge in [0.25, 0.3) is 0 Å². The number of benzene rings is 1. The molecule has 0 bridgehead atoms. The Balaban J connectivity index is 2.52. The monoisotopic (exact) mass is 286 g/mol.